The van der Waals surface area contributed by atoms with Crippen LogP contribution in [0.3, 0.4) is 0 Å². The summed E-state index contributed by atoms with van der Waals surface area (Å²) in [5, 5.41) is 15.2. The van der Waals surface area contributed by atoms with Crippen molar-refractivity contribution in [2.75, 3.05) is 18.4 Å². The zero-order chi connectivity index (χ0) is 14.7. The van der Waals surface area contributed by atoms with Crippen LogP contribution in [0.4, 0.5) is 10.5 Å². The van der Waals surface area contributed by atoms with Crippen LogP contribution in [0.2, 0.25) is 0 Å². The molecule has 2 heterocycles. The number of ether oxygens (including phenoxy) is 1. The molecular weight excluding hydrogens is 264 g/mol. The Labute approximate surface area is 116 Å². The largest absolute Gasteiger partial charge is 0.480 e. The highest BCUT2D eigenvalue weighted by Gasteiger charge is 2.26. The first kappa shape index (κ1) is 14.3. The Balaban J connectivity index is 1.93. The molecule has 8 heteroatoms. The zero-order valence-electron chi connectivity index (χ0n) is 11.4. The van der Waals surface area contributed by atoms with Crippen molar-refractivity contribution in [1.82, 2.24) is 14.7 Å². The van der Waals surface area contributed by atoms with Crippen LogP contribution < -0.4 is 5.32 Å². The molecule has 0 bridgehead atoms. The molecule has 8 nitrogen and oxygen atoms in total. The van der Waals surface area contributed by atoms with Gasteiger partial charge in [-0.1, -0.05) is 0 Å². The second-order valence-corrected chi connectivity index (χ2v) is 4.91. The molecule has 2 rings (SSSR count). The van der Waals surface area contributed by atoms with Crippen LogP contribution in [-0.2, 0) is 16.1 Å². The fourth-order valence-corrected chi connectivity index (χ4v) is 2.20. The fraction of sp³-hybridized carbons (Fsp3) is 0.583. The number of hydrogen-bond donors (Lipinski definition) is 2. The van der Waals surface area contributed by atoms with Crippen LogP contribution in [0.5, 0.6) is 0 Å². The van der Waals surface area contributed by atoms with Gasteiger partial charge in [0.2, 0.25) is 0 Å². The van der Waals surface area contributed by atoms with Gasteiger partial charge in [0.15, 0.2) is 0 Å². The highest BCUT2D eigenvalue weighted by atomic mass is 16.5. The van der Waals surface area contributed by atoms with Gasteiger partial charge in [-0.2, -0.15) is 5.10 Å². The van der Waals surface area contributed by atoms with Crippen molar-refractivity contribution in [3.8, 4) is 0 Å². The molecule has 1 aliphatic rings. The van der Waals surface area contributed by atoms with Gasteiger partial charge >= 0.3 is 12.0 Å². The normalized spacial score (nSPS) is 22.6. The van der Waals surface area contributed by atoms with Gasteiger partial charge in [-0.15, -0.1) is 0 Å². The molecule has 2 unspecified atom stereocenters. The number of rotatable bonds is 3. The molecule has 20 heavy (non-hydrogen) atoms. The molecule has 0 aromatic carbocycles. The van der Waals surface area contributed by atoms with Crippen molar-refractivity contribution < 1.29 is 19.4 Å². The first-order valence-electron chi connectivity index (χ1n) is 6.39. The van der Waals surface area contributed by atoms with E-state index in [4.69, 9.17) is 9.84 Å². The van der Waals surface area contributed by atoms with Crippen molar-refractivity contribution in [2.24, 2.45) is 0 Å². The van der Waals surface area contributed by atoms with Gasteiger partial charge in [-0.05, 0) is 13.8 Å². The summed E-state index contributed by atoms with van der Waals surface area (Å²) in [6.07, 6.45) is 2.91. The van der Waals surface area contributed by atoms with E-state index in [9.17, 15) is 9.59 Å². The molecule has 0 spiro atoms. The topological polar surface area (TPSA) is 96.7 Å². The Bertz CT molecular complexity index is 491. The third kappa shape index (κ3) is 3.70. The summed E-state index contributed by atoms with van der Waals surface area (Å²) in [6.45, 7) is 4.65. The zero-order valence-corrected chi connectivity index (χ0v) is 11.4. The molecule has 2 N–H and O–H groups in total. The quantitative estimate of drug-likeness (QED) is 0.846. The van der Waals surface area contributed by atoms with Gasteiger partial charge in [-0.3, -0.25) is 9.48 Å². The van der Waals surface area contributed by atoms with Crippen LogP contribution in [0.1, 0.15) is 13.8 Å². The van der Waals surface area contributed by atoms with Crippen molar-refractivity contribution in [3.63, 3.8) is 0 Å². The first-order chi connectivity index (χ1) is 9.44. The maximum atomic E-state index is 12.1. The highest BCUT2D eigenvalue weighted by molar-refractivity contribution is 5.89. The number of urea groups is 1. The molecule has 1 saturated heterocycles. The molecule has 2 atom stereocenters. The van der Waals surface area contributed by atoms with E-state index >= 15 is 0 Å². The summed E-state index contributed by atoms with van der Waals surface area (Å²) in [5.74, 6) is -0.984. The molecular formula is C12H18N4O4. The maximum absolute atomic E-state index is 12.1. The van der Waals surface area contributed by atoms with E-state index in [2.05, 4.69) is 10.4 Å². The Morgan fingerprint density at radius 1 is 1.45 bits per heavy atom. The lowest BCUT2D eigenvalue weighted by atomic mass is 10.2. The number of hydrogen-bond acceptors (Lipinski definition) is 4. The van der Waals surface area contributed by atoms with Crippen LogP contribution in [0.15, 0.2) is 12.4 Å². The van der Waals surface area contributed by atoms with Gasteiger partial charge in [0, 0.05) is 19.3 Å². The molecule has 1 aromatic heterocycles. The second-order valence-electron chi connectivity index (χ2n) is 4.91. The van der Waals surface area contributed by atoms with E-state index < -0.39 is 5.97 Å². The molecule has 1 aromatic rings. The monoisotopic (exact) mass is 282 g/mol. The Morgan fingerprint density at radius 2 is 2.10 bits per heavy atom. The number of carboxylic acids is 1. The lowest BCUT2D eigenvalue weighted by Crippen LogP contribution is -2.49. The van der Waals surface area contributed by atoms with Crippen molar-refractivity contribution in [1.29, 1.82) is 0 Å². The number of amides is 2. The van der Waals surface area contributed by atoms with Gasteiger partial charge in [0.25, 0.3) is 0 Å². The molecule has 0 radical (unpaired) electrons. The van der Waals surface area contributed by atoms with Crippen LogP contribution in [0.25, 0.3) is 0 Å². The number of anilines is 1. The number of aliphatic carboxylic acids is 1. The summed E-state index contributed by atoms with van der Waals surface area (Å²) in [5.41, 5.74) is 0.475. The minimum atomic E-state index is -0.984. The highest BCUT2D eigenvalue weighted by Crippen LogP contribution is 2.13. The molecule has 2 amide bonds. The summed E-state index contributed by atoms with van der Waals surface area (Å²) in [6, 6.07) is -0.234. The molecule has 1 aliphatic heterocycles. The van der Waals surface area contributed by atoms with E-state index in [1.807, 2.05) is 13.8 Å². The second kappa shape index (κ2) is 5.91. The smallest absolute Gasteiger partial charge is 0.325 e. The number of morpholine rings is 1. The summed E-state index contributed by atoms with van der Waals surface area (Å²) >= 11 is 0. The Morgan fingerprint density at radius 3 is 2.70 bits per heavy atom. The maximum Gasteiger partial charge on any atom is 0.325 e. The average Bonchev–Trinajstić information content (AvgIpc) is 2.74. The van der Waals surface area contributed by atoms with E-state index in [0.29, 0.717) is 18.8 Å². The molecule has 0 saturated carbocycles. The van der Waals surface area contributed by atoms with Crippen molar-refractivity contribution in [2.45, 2.75) is 32.6 Å². The lowest BCUT2D eigenvalue weighted by molar-refractivity contribution is -0.137. The SMILES string of the molecule is CC1CN(C(=O)Nc2cnn(CC(=O)O)c2)CC(C)O1. The third-order valence-electron chi connectivity index (χ3n) is 2.89. The van der Waals surface area contributed by atoms with E-state index in [1.165, 1.54) is 17.1 Å². The number of nitrogens with one attached hydrogen (secondary N) is 1. The van der Waals surface area contributed by atoms with Gasteiger partial charge < -0.3 is 20.1 Å². The standard InChI is InChI=1S/C12H18N4O4/c1-8-4-15(5-9(2)20-8)12(19)14-10-3-13-16(6-10)7-11(17)18/h3,6,8-9H,4-5,7H2,1-2H3,(H,14,19)(H,17,18). The first-order valence-corrected chi connectivity index (χ1v) is 6.39. The summed E-state index contributed by atoms with van der Waals surface area (Å²) in [7, 11) is 0. The minimum Gasteiger partial charge on any atom is -0.480 e. The number of aromatic nitrogens is 2. The van der Waals surface area contributed by atoms with Crippen molar-refractivity contribution in [3.05, 3.63) is 12.4 Å². The van der Waals surface area contributed by atoms with E-state index in [-0.39, 0.29) is 24.8 Å². The fourth-order valence-electron chi connectivity index (χ4n) is 2.20. The molecule has 110 valence electrons. The number of carboxylic acid groups (broad SMARTS) is 1. The van der Waals surface area contributed by atoms with E-state index in [1.54, 1.807) is 4.90 Å². The molecule has 1 fully saturated rings. The average molecular weight is 282 g/mol. The van der Waals surface area contributed by atoms with Gasteiger partial charge in [0.05, 0.1) is 24.1 Å². The lowest BCUT2D eigenvalue weighted by Gasteiger charge is -2.35. The van der Waals surface area contributed by atoms with Crippen LogP contribution >= 0.6 is 0 Å². The minimum absolute atomic E-state index is 0.000710. The third-order valence-corrected chi connectivity index (χ3v) is 2.89. The Hall–Kier alpha value is -2.09. The number of carbonyl (C=O) groups is 2. The van der Waals surface area contributed by atoms with E-state index in [0.717, 1.165) is 0 Å². The number of carbonyl (C=O) groups excluding carboxylic acids is 1. The van der Waals surface area contributed by atoms with Crippen LogP contribution in [-0.4, -0.2) is 57.1 Å². The summed E-state index contributed by atoms with van der Waals surface area (Å²) < 4.78 is 6.81. The summed E-state index contributed by atoms with van der Waals surface area (Å²) in [4.78, 5) is 24.3. The van der Waals surface area contributed by atoms with Gasteiger partial charge in [0.1, 0.15) is 6.54 Å². The van der Waals surface area contributed by atoms with Gasteiger partial charge in [-0.25, -0.2) is 4.79 Å². The number of nitrogens with zero attached hydrogens (tertiary/aromatic N) is 3. The predicted molar refractivity (Wildman–Crippen MR) is 70.5 cm³/mol. The Kier molecular flexibility index (Phi) is 4.23. The predicted octanol–water partition coefficient (Wildman–Crippen LogP) is 0.609. The van der Waals surface area contributed by atoms with Crippen molar-refractivity contribution >= 4 is 17.7 Å². The molecule has 0 aliphatic carbocycles. The van der Waals surface area contributed by atoms with Crippen LogP contribution in [0, 0.1) is 0 Å².